The molecule has 0 radical (unpaired) electrons. The summed E-state index contributed by atoms with van der Waals surface area (Å²) in [5, 5.41) is 9.78. The minimum absolute atomic E-state index is 0.217. The van der Waals surface area contributed by atoms with E-state index in [1.807, 2.05) is 24.3 Å². The molecule has 2 heterocycles. The number of hydrogen-bond acceptors (Lipinski definition) is 4. The van der Waals surface area contributed by atoms with Crippen LogP contribution in [0.3, 0.4) is 0 Å². The van der Waals surface area contributed by atoms with Crippen molar-refractivity contribution in [1.29, 1.82) is 0 Å². The van der Waals surface area contributed by atoms with Gasteiger partial charge in [-0.15, -0.1) is 0 Å². The molecule has 3 rings (SSSR count). The molecule has 0 atom stereocenters. The van der Waals surface area contributed by atoms with E-state index < -0.39 is 5.97 Å². The summed E-state index contributed by atoms with van der Waals surface area (Å²) in [5.41, 5.74) is 2.19. The van der Waals surface area contributed by atoms with Gasteiger partial charge in [0.15, 0.2) is 0 Å². The highest BCUT2D eigenvalue weighted by Crippen LogP contribution is 2.23. The molecular weight excluding hydrogens is 302 g/mol. The summed E-state index contributed by atoms with van der Waals surface area (Å²) in [6, 6.07) is 9.50. The summed E-state index contributed by atoms with van der Waals surface area (Å²) in [4.78, 5) is 19.5. The molecular formula is C16H16ClN3O2. The molecule has 22 heavy (non-hydrogen) atoms. The molecule has 0 spiro atoms. The Bertz CT molecular complexity index is 685. The van der Waals surface area contributed by atoms with Crippen LogP contribution >= 0.6 is 11.6 Å². The van der Waals surface area contributed by atoms with Crippen molar-refractivity contribution in [3.63, 3.8) is 0 Å². The largest absolute Gasteiger partial charge is 0.478 e. The van der Waals surface area contributed by atoms with Crippen LogP contribution in [0.25, 0.3) is 0 Å². The van der Waals surface area contributed by atoms with Gasteiger partial charge in [0.1, 0.15) is 0 Å². The highest BCUT2D eigenvalue weighted by molar-refractivity contribution is 6.30. The number of rotatable bonds is 3. The van der Waals surface area contributed by atoms with Gasteiger partial charge < -0.3 is 14.9 Å². The number of nitrogens with zero attached hydrogens (tertiary/aromatic N) is 3. The number of aromatic nitrogens is 1. The molecule has 2 aromatic rings. The standard InChI is InChI=1S/C16H16ClN3O2/c17-13-2-1-3-14(9-13)19-4-6-20(7-5-19)15-8-12(16(21)22)10-18-11-15/h1-3,8-11H,4-7H2,(H,21,22). The summed E-state index contributed by atoms with van der Waals surface area (Å²) in [5.74, 6) is -0.952. The van der Waals surface area contributed by atoms with E-state index in [4.69, 9.17) is 16.7 Å². The monoisotopic (exact) mass is 317 g/mol. The Kier molecular flexibility index (Phi) is 4.15. The number of halogens is 1. The quantitative estimate of drug-likeness (QED) is 0.943. The van der Waals surface area contributed by atoms with Crippen LogP contribution in [0.4, 0.5) is 11.4 Å². The van der Waals surface area contributed by atoms with Gasteiger partial charge in [-0.1, -0.05) is 17.7 Å². The van der Waals surface area contributed by atoms with Gasteiger partial charge in [0, 0.05) is 43.1 Å². The van der Waals surface area contributed by atoms with Crippen LogP contribution in [0.5, 0.6) is 0 Å². The Morgan fingerprint density at radius 3 is 2.36 bits per heavy atom. The first kappa shape index (κ1) is 14.7. The highest BCUT2D eigenvalue weighted by atomic mass is 35.5. The molecule has 5 nitrogen and oxygen atoms in total. The SMILES string of the molecule is O=C(O)c1cncc(N2CCN(c3cccc(Cl)c3)CC2)c1. The van der Waals surface area contributed by atoms with Crippen LogP contribution in [0.2, 0.25) is 5.02 Å². The Balaban J connectivity index is 1.69. The van der Waals surface area contributed by atoms with Gasteiger partial charge in [0.2, 0.25) is 0 Å². The molecule has 0 unspecified atom stereocenters. The van der Waals surface area contributed by atoms with Crippen LogP contribution in [-0.4, -0.2) is 42.2 Å². The Morgan fingerprint density at radius 2 is 1.73 bits per heavy atom. The van der Waals surface area contributed by atoms with E-state index in [0.29, 0.717) is 0 Å². The molecule has 1 aliphatic heterocycles. The van der Waals surface area contributed by atoms with Crippen LogP contribution in [0, 0.1) is 0 Å². The number of carboxylic acid groups (broad SMARTS) is 1. The first-order valence-corrected chi connectivity index (χ1v) is 7.45. The van der Waals surface area contributed by atoms with E-state index in [1.54, 1.807) is 12.3 Å². The maximum atomic E-state index is 11.0. The second-order valence-corrected chi connectivity index (χ2v) is 5.63. The number of anilines is 2. The van der Waals surface area contributed by atoms with Crippen LogP contribution in [0.15, 0.2) is 42.7 Å². The molecule has 1 fully saturated rings. The third-order valence-electron chi connectivity index (χ3n) is 3.79. The van der Waals surface area contributed by atoms with Crippen molar-refractivity contribution >= 4 is 28.9 Å². The van der Waals surface area contributed by atoms with Gasteiger partial charge in [-0.25, -0.2) is 4.79 Å². The van der Waals surface area contributed by atoms with E-state index in [9.17, 15) is 4.79 Å². The van der Waals surface area contributed by atoms with Crippen LogP contribution < -0.4 is 9.80 Å². The lowest BCUT2D eigenvalue weighted by Crippen LogP contribution is -2.46. The lowest BCUT2D eigenvalue weighted by atomic mass is 10.2. The predicted octanol–water partition coefficient (Wildman–Crippen LogP) is 2.76. The zero-order valence-electron chi connectivity index (χ0n) is 11.9. The maximum absolute atomic E-state index is 11.0. The first-order chi connectivity index (χ1) is 10.6. The van der Waals surface area contributed by atoms with E-state index in [1.165, 1.54) is 6.20 Å². The van der Waals surface area contributed by atoms with Gasteiger partial charge in [0.25, 0.3) is 0 Å². The molecule has 0 bridgehead atoms. The lowest BCUT2D eigenvalue weighted by Gasteiger charge is -2.37. The Labute approximate surface area is 133 Å². The van der Waals surface area contributed by atoms with Gasteiger partial charge >= 0.3 is 5.97 Å². The molecule has 0 amide bonds. The van der Waals surface area contributed by atoms with Crippen LogP contribution in [-0.2, 0) is 0 Å². The normalized spacial score (nSPS) is 15.0. The molecule has 6 heteroatoms. The molecule has 114 valence electrons. The zero-order valence-corrected chi connectivity index (χ0v) is 12.7. The van der Waals surface area contributed by atoms with Gasteiger partial charge in [-0.05, 0) is 24.3 Å². The summed E-state index contributed by atoms with van der Waals surface area (Å²) < 4.78 is 0. The van der Waals surface area contributed by atoms with E-state index in [-0.39, 0.29) is 5.56 Å². The number of hydrogen-bond donors (Lipinski definition) is 1. The third kappa shape index (κ3) is 3.14. The molecule has 1 aliphatic rings. The molecule has 0 aliphatic carbocycles. The minimum atomic E-state index is -0.952. The fourth-order valence-corrected chi connectivity index (χ4v) is 2.80. The minimum Gasteiger partial charge on any atom is -0.478 e. The van der Waals surface area contributed by atoms with E-state index in [0.717, 1.165) is 42.6 Å². The molecule has 0 saturated carbocycles. The topological polar surface area (TPSA) is 56.7 Å². The summed E-state index contributed by atoms with van der Waals surface area (Å²) in [6.45, 7) is 3.35. The molecule has 1 aromatic heterocycles. The number of carbonyl (C=O) groups is 1. The van der Waals surface area contributed by atoms with Crippen molar-refractivity contribution in [2.24, 2.45) is 0 Å². The molecule has 1 N–H and O–H groups in total. The van der Waals surface area contributed by atoms with E-state index in [2.05, 4.69) is 14.8 Å². The predicted molar refractivity (Wildman–Crippen MR) is 87.1 cm³/mol. The lowest BCUT2D eigenvalue weighted by molar-refractivity contribution is 0.0696. The zero-order chi connectivity index (χ0) is 15.5. The van der Waals surface area contributed by atoms with Crippen molar-refractivity contribution in [2.45, 2.75) is 0 Å². The molecule has 1 saturated heterocycles. The van der Waals surface area contributed by atoms with Crippen molar-refractivity contribution in [3.05, 3.63) is 53.3 Å². The fraction of sp³-hybridized carbons (Fsp3) is 0.250. The number of pyridine rings is 1. The maximum Gasteiger partial charge on any atom is 0.337 e. The average Bonchev–Trinajstić information content (AvgIpc) is 2.55. The van der Waals surface area contributed by atoms with Crippen molar-refractivity contribution in [3.8, 4) is 0 Å². The summed E-state index contributed by atoms with van der Waals surface area (Å²) in [7, 11) is 0. The third-order valence-corrected chi connectivity index (χ3v) is 4.02. The number of piperazine rings is 1. The van der Waals surface area contributed by atoms with Crippen molar-refractivity contribution < 1.29 is 9.90 Å². The Hall–Kier alpha value is -2.27. The number of aromatic carboxylic acids is 1. The Morgan fingerprint density at radius 1 is 1.05 bits per heavy atom. The highest BCUT2D eigenvalue weighted by Gasteiger charge is 2.18. The number of carboxylic acids is 1. The van der Waals surface area contributed by atoms with E-state index >= 15 is 0 Å². The smallest absolute Gasteiger partial charge is 0.337 e. The van der Waals surface area contributed by atoms with Crippen molar-refractivity contribution in [2.75, 3.05) is 36.0 Å². The van der Waals surface area contributed by atoms with Gasteiger partial charge in [-0.3, -0.25) is 4.98 Å². The number of benzene rings is 1. The van der Waals surface area contributed by atoms with Crippen molar-refractivity contribution in [1.82, 2.24) is 4.98 Å². The second-order valence-electron chi connectivity index (χ2n) is 5.19. The fourth-order valence-electron chi connectivity index (χ4n) is 2.61. The van der Waals surface area contributed by atoms with Gasteiger partial charge in [-0.2, -0.15) is 0 Å². The van der Waals surface area contributed by atoms with Gasteiger partial charge in [0.05, 0.1) is 17.4 Å². The summed E-state index contributed by atoms with van der Waals surface area (Å²) in [6.07, 6.45) is 3.08. The summed E-state index contributed by atoms with van der Waals surface area (Å²) >= 11 is 6.03. The van der Waals surface area contributed by atoms with Crippen LogP contribution in [0.1, 0.15) is 10.4 Å². The second kappa shape index (κ2) is 6.23. The molecule has 1 aromatic carbocycles. The first-order valence-electron chi connectivity index (χ1n) is 7.07. The average molecular weight is 318 g/mol.